The predicted octanol–water partition coefficient (Wildman–Crippen LogP) is 4.18. The van der Waals surface area contributed by atoms with Crippen molar-refractivity contribution in [3.8, 4) is 0 Å². The molecule has 0 atom stereocenters. The van der Waals surface area contributed by atoms with Crippen molar-refractivity contribution in [3.05, 3.63) is 58.6 Å². The van der Waals surface area contributed by atoms with Gasteiger partial charge in [0.25, 0.3) is 0 Å². The van der Waals surface area contributed by atoms with Crippen molar-refractivity contribution in [3.63, 3.8) is 0 Å². The summed E-state index contributed by atoms with van der Waals surface area (Å²) in [7, 11) is 0. The maximum Gasteiger partial charge on any atom is 0.133 e. The molecule has 0 unspecified atom stereocenters. The lowest BCUT2D eigenvalue weighted by Crippen LogP contribution is -1.92. The summed E-state index contributed by atoms with van der Waals surface area (Å²) in [5.41, 5.74) is 1.65. The van der Waals surface area contributed by atoms with Gasteiger partial charge in [-0.05, 0) is 18.6 Å². The van der Waals surface area contributed by atoms with Crippen molar-refractivity contribution < 1.29 is 0 Å². The number of rotatable bonds is 2. The van der Waals surface area contributed by atoms with Gasteiger partial charge in [0, 0.05) is 6.07 Å². The molecular formula is C13H10Cl2N2. The second kappa shape index (κ2) is 5.30. The van der Waals surface area contributed by atoms with E-state index < -0.39 is 0 Å². The third-order valence-electron chi connectivity index (χ3n) is 2.14. The van der Waals surface area contributed by atoms with Crippen LogP contribution in [0.4, 0.5) is 0 Å². The summed E-state index contributed by atoms with van der Waals surface area (Å²) in [6, 6.07) is 11.5. The van der Waals surface area contributed by atoms with Crippen LogP contribution in [-0.2, 0) is 0 Å². The molecule has 0 aliphatic carbocycles. The van der Waals surface area contributed by atoms with Gasteiger partial charge in [0.05, 0.1) is 10.7 Å². The molecule has 0 saturated carbocycles. The van der Waals surface area contributed by atoms with Gasteiger partial charge in [0.1, 0.15) is 11.0 Å². The van der Waals surface area contributed by atoms with E-state index in [4.69, 9.17) is 23.2 Å². The Morgan fingerprint density at radius 3 is 2.53 bits per heavy atom. The molecule has 86 valence electrons. The highest BCUT2D eigenvalue weighted by Gasteiger charge is 2.03. The van der Waals surface area contributed by atoms with Crippen LogP contribution in [0.5, 0.6) is 0 Å². The molecule has 0 radical (unpaired) electrons. The Morgan fingerprint density at radius 1 is 1.18 bits per heavy atom. The molecule has 4 heteroatoms. The van der Waals surface area contributed by atoms with Gasteiger partial charge in [0.15, 0.2) is 0 Å². The van der Waals surface area contributed by atoms with Crippen LogP contribution in [-0.4, -0.2) is 9.97 Å². The second-order valence-corrected chi connectivity index (χ2v) is 4.32. The smallest absolute Gasteiger partial charge is 0.133 e. The molecule has 2 nitrogen and oxygen atoms in total. The molecule has 1 aromatic carbocycles. The molecule has 0 amide bonds. The Balaban J connectivity index is 2.37. The molecule has 2 aromatic rings. The van der Waals surface area contributed by atoms with Crippen molar-refractivity contribution in [1.82, 2.24) is 9.97 Å². The largest absolute Gasteiger partial charge is 0.232 e. The first-order valence-corrected chi connectivity index (χ1v) is 5.84. The Labute approximate surface area is 110 Å². The molecule has 17 heavy (non-hydrogen) atoms. The van der Waals surface area contributed by atoms with Gasteiger partial charge in [0.2, 0.25) is 0 Å². The van der Waals surface area contributed by atoms with Crippen LogP contribution in [0.1, 0.15) is 17.1 Å². The number of benzene rings is 1. The molecule has 2 rings (SSSR count). The van der Waals surface area contributed by atoms with Gasteiger partial charge >= 0.3 is 0 Å². The van der Waals surface area contributed by atoms with Crippen LogP contribution in [0.25, 0.3) is 11.1 Å². The molecular weight excluding hydrogens is 255 g/mol. The molecule has 0 spiro atoms. The van der Waals surface area contributed by atoms with Crippen LogP contribution < -0.4 is 0 Å². The fraction of sp³-hybridized carbons (Fsp3) is 0.0769. The minimum Gasteiger partial charge on any atom is -0.232 e. The molecule has 0 aliphatic rings. The highest BCUT2D eigenvalue weighted by Crippen LogP contribution is 2.22. The van der Waals surface area contributed by atoms with Gasteiger partial charge in [-0.15, -0.1) is 0 Å². The Bertz CT molecular complexity index is 530. The molecule has 0 N–H and O–H groups in total. The van der Waals surface area contributed by atoms with Gasteiger partial charge in [-0.25, -0.2) is 9.97 Å². The topological polar surface area (TPSA) is 25.8 Å². The van der Waals surface area contributed by atoms with E-state index in [0.29, 0.717) is 21.7 Å². The first-order chi connectivity index (χ1) is 8.15. The zero-order valence-electron chi connectivity index (χ0n) is 9.19. The number of nitrogens with zero attached hydrogens (tertiary/aromatic N) is 2. The summed E-state index contributed by atoms with van der Waals surface area (Å²) >= 11 is 12.1. The summed E-state index contributed by atoms with van der Waals surface area (Å²) in [5.74, 6) is 0.604. The van der Waals surface area contributed by atoms with Crippen LogP contribution in [0.2, 0.25) is 5.15 Å². The predicted molar refractivity (Wildman–Crippen MR) is 71.9 cm³/mol. The van der Waals surface area contributed by atoms with Crippen molar-refractivity contribution in [2.45, 2.75) is 6.92 Å². The standard InChI is InChI=1S/C13H10Cl2N2/c1-9-16-12(8-13(15)17-9)11(14)7-10-5-3-2-4-6-10/h2-8H,1H3/b11-7-. The highest BCUT2D eigenvalue weighted by molar-refractivity contribution is 6.51. The second-order valence-electron chi connectivity index (χ2n) is 3.53. The summed E-state index contributed by atoms with van der Waals surface area (Å²) < 4.78 is 0. The minimum absolute atomic E-state index is 0.395. The highest BCUT2D eigenvalue weighted by atomic mass is 35.5. The summed E-state index contributed by atoms with van der Waals surface area (Å²) in [5, 5.41) is 0.940. The molecule has 0 aliphatic heterocycles. The first kappa shape index (κ1) is 12.1. The van der Waals surface area contributed by atoms with Crippen LogP contribution in [0.3, 0.4) is 0 Å². The van der Waals surface area contributed by atoms with E-state index in [2.05, 4.69) is 9.97 Å². The van der Waals surface area contributed by atoms with E-state index >= 15 is 0 Å². The van der Waals surface area contributed by atoms with Gasteiger partial charge in [-0.1, -0.05) is 53.5 Å². The Hall–Kier alpha value is -1.38. The van der Waals surface area contributed by atoms with Crippen molar-refractivity contribution in [2.24, 2.45) is 0 Å². The van der Waals surface area contributed by atoms with E-state index in [9.17, 15) is 0 Å². The van der Waals surface area contributed by atoms with E-state index in [1.54, 1.807) is 13.0 Å². The summed E-state index contributed by atoms with van der Waals surface area (Å²) in [6.45, 7) is 1.78. The average molecular weight is 265 g/mol. The molecule has 0 bridgehead atoms. The van der Waals surface area contributed by atoms with Gasteiger partial charge in [-0.3, -0.25) is 0 Å². The zero-order valence-corrected chi connectivity index (χ0v) is 10.7. The van der Waals surface area contributed by atoms with Crippen LogP contribution >= 0.6 is 23.2 Å². The lowest BCUT2D eigenvalue weighted by molar-refractivity contribution is 1.04. The number of hydrogen-bond acceptors (Lipinski definition) is 2. The summed E-state index contributed by atoms with van der Waals surface area (Å²) in [6.07, 6.45) is 1.85. The number of aromatic nitrogens is 2. The van der Waals surface area contributed by atoms with Gasteiger partial charge < -0.3 is 0 Å². The van der Waals surface area contributed by atoms with Crippen molar-refractivity contribution in [1.29, 1.82) is 0 Å². The lowest BCUT2D eigenvalue weighted by atomic mass is 10.2. The lowest BCUT2D eigenvalue weighted by Gasteiger charge is -2.01. The Kier molecular flexibility index (Phi) is 3.77. The monoisotopic (exact) mass is 264 g/mol. The van der Waals surface area contributed by atoms with Crippen LogP contribution in [0, 0.1) is 6.92 Å². The minimum atomic E-state index is 0.395. The normalized spacial score (nSPS) is 11.6. The van der Waals surface area contributed by atoms with E-state index in [-0.39, 0.29) is 0 Å². The van der Waals surface area contributed by atoms with E-state index in [1.807, 2.05) is 36.4 Å². The summed E-state index contributed by atoms with van der Waals surface area (Å²) in [4.78, 5) is 8.23. The third kappa shape index (κ3) is 3.29. The number of hydrogen-bond donors (Lipinski definition) is 0. The third-order valence-corrected chi connectivity index (χ3v) is 2.64. The maximum atomic E-state index is 6.20. The van der Waals surface area contributed by atoms with Gasteiger partial charge in [-0.2, -0.15) is 0 Å². The first-order valence-electron chi connectivity index (χ1n) is 5.09. The zero-order chi connectivity index (χ0) is 12.3. The Morgan fingerprint density at radius 2 is 1.88 bits per heavy atom. The van der Waals surface area contributed by atoms with Crippen molar-refractivity contribution in [2.75, 3.05) is 0 Å². The van der Waals surface area contributed by atoms with E-state index in [1.165, 1.54) is 0 Å². The molecule has 1 aromatic heterocycles. The van der Waals surface area contributed by atoms with Crippen LogP contribution in [0.15, 0.2) is 36.4 Å². The number of aryl methyl sites for hydroxylation is 1. The van der Waals surface area contributed by atoms with Crippen molar-refractivity contribution >= 4 is 34.3 Å². The SMILES string of the molecule is Cc1nc(Cl)cc(/C(Cl)=C/c2ccccc2)n1. The fourth-order valence-electron chi connectivity index (χ4n) is 1.42. The maximum absolute atomic E-state index is 6.20. The molecule has 0 fully saturated rings. The fourth-order valence-corrected chi connectivity index (χ4v) is 1.87. The molecule has 0 saturated heterocycles. The molecule has 1 heterocycles. The average Bonchev–Trinajstić information content (AvgIpc) is 2.29. The number of halogens is 2. The quantitative estimate of drug-likeness (QED) is 0.761. The van der Waals surface area contributed by atoms with E-state index in [0.717, 1.165) is 5.56 Å².